The number of hydrogen-bond acceptors (Lipinski definition) is 2. The molecule has 1 aromatic rings. The molecule has 1 atom stereocenters. The van der Waals surface area contributed by atoms with E-state index in [9.17, 15) is 5.11 Å². The molecule has 2 rings (SSSR count). The van der Waals surface area contributed by atoms with Crippen molar-refractivity contribution in [1.82, 2.24) is 0 Å². The van der Waals surface area contributed by atoms with Crippen molar-refractivity contribution in [2.45, 2.75) is 58.1 Å². The number of anilines is 1. The van der Waals surface area contributed by atoms with Crippen LogP contribution >= 0.6 is 15.9 Å². The molecule has 1 saturated carbocycles. The van der Waals surface area contributed by atoms with Crippen LogP contribution in [0.15, 0.2) is 22.7 Å². The van der Waals surface area contributed by atoms with Crippen LogP contribution in [0.1, 0.15) is 57.6 Å². The standard InChI is InChI=1S/C17H26BrNO/c1-4-13-5-8-15(9-6-13)19(3)17-11-14(18)7-10-16(17)12(2)20/h7,10-13,15,20H,4-6,8-9H2,1-3H3. The first-order valence-corrected chi connectivity index (χ1v) is 8.52. The van der Waals surface area contributed by atoms with Gasteiger partial charge in [0.2, 0.25) is 0 Å². The maximum atomic E-state index is 9.98. The quantitative estimate of drug-likeness (QED) is 0.842. The molecule has 0 radical (unpaired) electrons. The summed E-state index contributed by atoms with van der Waals surface area (Å²) in [4.78, 5) is 2.37. The molecule has 20 heavy (non-hydrogen) atoms. The first-order chi connectivity index (χ1) is 9.52. The van der Waals surface area contributed by atoms with Gasteiger partial charge in [0, 0.05) is 28.8 Å². The van der Waals surface area contributed by atoms with Gasteiger partial charge in [-0.25, -0.2) is 0 Å². The zero-order valence-electron chi connectivity index (χ0n) is 12.8. The minimum absolute atomic E-state index is 0.424. The second kappa shape index (κ2) is 6.95. The third-order valence-electron chi connectivity index (χ3n) is 4.76. The van der Waals surface area contributed by atoms with E-state index in [1.165, 1.54) is 32.1 Å². The van der Waals surface area contributed by atoms with Crippen molar-refractivity contribution >= 4 is 21.6 Å². The second-order valence-electron chi connectivity index (χ2n) is 6.07. The molecule has 0 aliphatic heterocycles. The van der Waals surface area contributed by atoms with E-state index in [0.717, 1.165) is 21.6 Å². The highest BCUT2D eigenvalue weighted by atomic mass is 79.9. The molecular weight excluding hydrogens is 314 g/mol. The summed E-state index contributed by atoms with van der Waals surface area (Å²) in [6.07, 6.45) is 6.09. The SMILES string of the molecule is CCC1CCC(N(C)c2cc(Br)ccc2C(C)O)CC1. The van der Waals surface area contributed by atoms with Gasteiger partial charge in [-0.3, -0.25) is 0 Å². The number of aliphatic hydroxyl groups is 1. The van der Waals surface area contributed by atoms with E-state index in [1.54, 1.807) is 0 Å². The lowest BCUT2D eigenvalue weighted by molar-refractivity contribution is 0.199. The van der Waals surface area contributed by atoms with Crippen LogP contribution in [0.2, 0.25) is 0 Å². The molecule has 2 nitrogen and oxygen atoms in total. The zero-order chi connectivity index (χ0) is 14.7. The second-order valence-corrected chi connectivity index (χ2v) is 6.99. The fourth-order valence-electron chi connectivity index (χ4n) is 3.31. The summed E-state index contributed by atoms with van der Waals surface area (Å²) in [5.41, 5.74) is 2.18. The number of nitrogens with zero attached hydrogens (tertiary/aromatic N) is 1. The summed E-state index contributed by atoms with van der Waals surface area (Å²) in [7, 11) is 2.17. The van der Waals surface area contributed by atoms with Gasteiger partial charge >= 0.3 is 0 Å². The van der Waals surface area contributed by atoms with Crippen molar-refractivity contribution in [1.29, 1.82) is 0 Å². The fraction of sp³-hybridized carbons (Fsp3) is 0.647. The molecule has 0 saturated heterocycles. The van der Waals surface area contributed by atoms with Gasteiger partial charge in [0.25, 0.3) is 0 Å². The molecule has 1 fully saturated rings. The predicted octanol–water partition coefficient (Wildman–Crippen LogP) is 4.91. The Morgan fingerprint density at radius 2 is 1.95 bits per heavy atom. The number of rotatable bonds is 4. The van der Waals surface area contributed by atoms with Gasteiger partial charge in [-0.05, 0) is 50.7 Å². The smallest absolute Gasteiger partial charge is 0.0782 e. The molecular formula is C17H26BrNO. The van der Waals surface area contributed by atoms with Crippen LogP contribution in [0.25, 0.3) is 0 Å². The van der Waals surface area contributed by atoms with Crippen LogP contribution in [0, 0.1) is 5.92 Å². The van der Waals surface area contributed by atoms with Gasteiger partial charge in [0.05, 0.1) is 6.10 Å². The molecule has 0 aromatic heterocycles. The Bertz CT molecular complexity index is 439. The molecule has 0 bridgehead atoms. The lowest BCUT2D eigenvalue weighted by Crippen LogP contribution is -2.35. The Balaban J connectivity index is 2.16. The number of benzene rings is 1. The first kappa shape index (κ1) is 15.8. The molecule has 0 heterocycles. The molecule has 1 aliphatic carbocycles. The Hall–Kier alpha value is -0.540. The van der Waals surface area contributed by atoms with Gasteiger partial charge in [0.15, 0.2) is 0 Å². The molecule has 112 valence electrons. The number of halogens is 1. The Labute approximate surface area is 131 Å². The van der Waals surface area contributed by atoms with Gasteiger partial charge < -0.3 is 10.0 Å². The highest BCUT2D eigenvalue weighted by Crippen LogP contribution is 2.35. The van der Waals surface area contributed by atoms with Crippen LogP contribution in [0.3, 0.4) is 0 Å². The highest BCUT2D eigenvalue weighted by Gasteiger charge is 2.25. The van der Waals surface area contributed by atoms with Crippen LogP contribution in [0.5, 0.6) is 0 Å². The normalized spacial score (nSPS) is 24.4. The van der Waals surface area contributed by atoms with Gasteiger partial charge in [-0.2, -0.15) is 0 Å². The fourth-order valence-corrected chi connectivity index (χ4v) is 3.66. The minimum Gasteiger partial charge on any atom is -0.389 e. The van der Waals surface area contributed by atoms with Crippen molar-refractivity contribution in [3.05, 3.63) is 28.2 Å². The van der Waals surface area contributed by atoms with Crippen molar-refractivity contribution in [2.24, 2.45) is 5.92 Å². The Morgan fingerprint density at radius 1 is 1.30 bits per heavy atom. The van der Waals surface area contributed by atoms with Crippen LogP contribution in [-0.2, 0) is 0 Å². The van der Waals surface area contributed by atoms with Gasteiger partial charge in [-0.1, -0.05) is 35.3 Å². The van der Waals surface area contributed by atoms with E-state index in [1.807, 2.05) is 19.1 Å². The third-order valence-corrected chi connectivity index (χ3v) is 5.26. The monoisotopic (exact) mass is 339 g/mol. The van der Waals surface area contributed by atoms with E-state index in [-0.39, 0.29) is 0 Å². The molecule has 0 amide bonds. The van der Waals surface area contributed by atoms with E-state index >= 15 is 0 Å². The van der Waals surface area contributed by atoms with Crippen molar-refractivity contribution in [3.63, 3.8) is 0 Å². The summed E-state index contributed by atoms with van der Waals surface area (Å²) < 4.78 is 1.07. The minimum atomic E-state index is -0.424. The molecule has 1 N–H and O–H groups in total. The summed E-state index contributed by atoms with van der Waals surface area (Å²) in [6.45, 7) is 4.14. The third kappa shape index (κ3) is 3.56. The van der Waals surface area contributed by atoms with Crippen molar-refractivity contribution < 1.29 is 5.11 Å². The van der Waals surface area contributed by atoms with Crippen LogP contribution in [-0.4, -0.2) is 18.2 Å². The highest BCUT2D eigenvalue weighted by molar-refractivity contribution is 9.10. The average Bonchev–Trinajstić information content (AvgIpc) is 2.46. The number of hydrogen-bond donors (Lipinski definition) is 1. The zero-order valence-corrected chi connectivity index (χ0v) is 14.4. The first-order valence-electron chi connectivity index (χ1n) is 7.73. The molecule has 3 heteroatoms. The van der Waals surface area contributed by atoms with Crippen LogP contribution in [0.4, 0.5) is 5.69 Å². The summed E-state index contributed by atoms with van der Waals surface area (Å²) in [6, 6.07) is 6.77. The Morgan fingerprint density at radius 3 is 2.50 bits per heavy atom. The van der Waals surface area contributed by atoms with Crippen molar-refractivity contribution in [3.8, 4) is 0 Å². The lowest BCUT2D eigenvalue weighted by atomic mass is 9.84. The van der Waals surface area contributed by atoms with E-state index < -0.39 is 6.10 Å². The van der Waals surface area contributed by atoms with E-state index in [4.69, 9.17) is 0 Å². The molecule has 0 spiro atoms. The molecule has 1 aromatic carbocycles. The van der Waals surface area contributed by atoms with E-state index in [0.29, 0.717) is 6.04 Å². The van der Waals surface area contributed by atoms with Gasteiger partial charge in [0.1, 0.15) is 0 Å². The van der Waals surface area contributed by atoms with Gasteiger partial charge in [-0.15, -0.1) is 0 Å². The average molecular weight is 340 g/mol. The Kier molecular flexibility index (Phi) is 5.50. The summed E-state index contributed by atoms with van der Waals surface area (Å²) in [5.74, 6) is 0.915. The topological polar surface area (TPSA) is 23.5 Å². The lowest BCUT2D eigenvalue weighted by Gasteiger charge is -2.37. The maximum absolute atomic E-state index is 9.98. The predicted molar refractivity (Wildman–Crippen MR) is 89.2 cm³/mol. The van der Waals surface area contributed by atoms with E-state index in [2.05, 4.69) is 40.9 Å². The summed E-state index contributed by atoms with van der Waals surface area (Å²) in [5, 5.41) is 9.98. The molecule has 1 aliphatic rings. The largest absolute Gasteiger partial charge is 0.389 e. The van der Waals surface area contributed by atoms with Crippen LogP contribution < -0.4 is 4.90 Å². The summed E-state index contributed by atoms with van der Waals surface area (Å²) >= 11 is 3.55. The number of aliphatic hydroxyl groups excluding tert-OH is 1. The van der Waals surface area contributed by atoms with Crippen molar-refractivity contribution in [2.75, 3.05) is 11.9 Å². The molecule has 1 unspecified atom stereocenters. The maximum Gasteiger partial charge on any atom is 0.0782 e.